The molecule has 1 aliphatic carbocycles. The van der Waals surface area contributed by atoms with Gasteiger partial charge in [0.15, 0.2) is 0 Å². The van der Waals surface area contributed by atoms with Crippen molar-refractivity contribution in [2.24, 2.45) is 0 Å². The van der Waals surface area contributed by atoms with Crippen LogP contribution in [-0.2, 0) is 11.3 Å². The van der Waals surface area contributed by atoms with Crippen molar-refractivity contribution in [3.63, 3.8) is 0 Å². The molecule has 2 aromatic rings. The van der Waals surface area contributed by atoms with E-state index in [-0.39, 0.29) is 24.7 Å². The highest BCUT2D eigenvalue weighted by atomic mass is 16.4. The van der Waals surface area contributed by atoms with Crippen LogP contribution in [-0.4, -0.2) is 47.2 Å². The van der Waals surface area contributed by atoms with Crippen LogP contribution in [0.5, 0.6) is 0 Å². The third-order valence-corrected chi connectivity index (χ3v) is 5.06. The fourth-order valence-electron chi connectivity index (χ4n) is 3.47. The van der Waals surface area contributed by atoms with E-state index in [1.165, 1.54) is 0 Å². The SMILES string of the molecule is CCN(CC(=O)O)C1CC(NC(=O)NCc2oc3ccccc3c2C)C1. The minimum Gasteiger partial charge on any atom is -0.480 e. The standard InChI is InChI=1S/C19H25N3O4/c1-3-22(11-18(23)24)14-8-13(9-14)21-19(25)20-10-17-12(2)15-6-4-5-7-16(15)26-17/h4-7,13-14H,3,8-11H2,1-2H3,(H,23,24)(H2,20,21,25). The minimum absolute atomic E-state index is 0.0470. The Hall–Kier alpha value is -2.54. The molecule has 7 nitrogen and oxygen atoms in total. The number of hydrogen-bond acceptors (Lipinski definition) is 4. The number of carboxylic acid groups (broad SMARTS) is 1. The van der Waals surface area contributed by atoms with Crippen LogP contribution in [0.1, 0.15) is 31.1 Å². The van der Waals surface area contributed by atoms with Crippen molar-refractivity contribution in [3.05, 3.63) is 35.6 Å². The van der Waals surface area contributed by atoms with Crippen LogP contribution in [0.2, 0.25) is 0 Å². The number of nitrogens with zero attached hydrogens (tertiary/aromatic N) is 1. The van der Waals surface area contributed by atoms with Gasteiger partial charge in [0, 0.05) is 23.0 Å². The van der Waals surface area contributed by atoms with Gasteiger partial charge >= 0.3 is 12.0 Å². The van der Waals surface area contributed by atoms with Gasteiger partial charge in [0.2, 0.25) is 0 Å². The quantitative estimate of drug-likeness (QED) is 0.706. The van der Waals surface area contributed by atoms with E-state index in [2.05, 4.69) is 10.6 Å². The maximum Gasteiger partial charge on any atom is 0.317 e. The second kappa shape index (κ2) is 7.78. The molecule has 0 saturated heterocycles. The molecule has 2 amide bonds. The number of aryl methyl sites for hydroxylation is 1. The summed E-state index contributed by atoms with van der Waals surface area (Å²) in [4.78, 5) is 24.9. The van der Waals surface area contributed by atoms with Gasteiger partial charge in [0.1, 0.15) is 11.3 Å². The molecule has 0 unspecified atom stereocenters. The van der Waals surface area contributed by atoms with Crippen LogP contribution in [0.25, 0.3) is 11.0 Å². The molecule has 140 valence electrons. The molecule has 1 saturated carbocycles. The Morgan fingerprint density at radius 1 is 1.31 bits per heavy atom. The molecule has 1 aromatic carbocycles. The van der Waals surface area contributed by atoms with E-state index < -0.39 is 5.97 Å². The summed E-state index contributed by atoms with van der Waals surface area (Å²) in [6.07, 6.45) is 1.55. The fraction of sp³-hybridized carbons (Fsp3) is 0.474. The first-order valence-corrected chi connectivity index (χ1v) is 8.95. The van der Waals surface area contributed by atoms with Crippen LogP contribution < -0.4 is 10.6 Å². The van der Waals surface area contributed by atoms with E-state index >= 15 is 0 Å². The average molecular weight is 359 g/mol. The molecule has 0 aliphatic heterocycles. The molecule has 1 fully saturated rings. The first kappa shape index (κ1) is 18.3. The zero-order valence-corrected chi connectivity index (χ0v) is 15.1. The van der Waals surface area contributed by atoms with Crippen molar-refractivity contribution in [2.45, 2.75) is 45.3 Å². The number of carboxylic acids is 1. The Labute approximate surface area is 152 Å². The second-order valence-corrected chi connectivity index (χ2v) is 6.75. The van der Waals surface area contributed by atoms with Crippen molar-refractivity contribution < 1.29 is 19.1 Å². The maximum absolute atomic E-state index is 12.1. The highest BCUT2D eigenvalue weighted by Crippen LogP contribution is 2.26. The van der Waals surface area contributed by atoms with E-state index in [4.69, 9.17) is 9.52 Å². The summed E-state index contributed by atoms with van der Waals surface area (Å²) in [5.74, 6) is -0.0614. The van der Waals surface area contributed by atoms with E-state index in [9.17, 15) is 9.59 Å². The van der Waals surface area contributed by atoms with Crippen molar-refractivity contribution in [3.8, 4) is 0 Å². The lowest BCUT2D eigenvalue weighted by Crippen LogP contribution is -2.56. The Kier molecular flexibility index (Phi) is 5.46. The van der Waals surface area contributed by atoms with Gasteiger partial charge in [0.25, 0.3) is 0 Å². The van der Waals surface area contributed by atoms with Gasteiger partial charge in [0.05, 0.1) is 13.1 Å². The summed E-state index contributed by atoms with van der Waals surface area (Å²) in [5, 5.41) is 15.8. The predicted octanol–water partition coefficient (Wildman–Crippen LogP) is 2.48. The van der Waals surface area contributed by atoms with Gasteiger partial charge in [-0.05, 0) is 32.4 Å². The first-order valence-electron chi connectivity index (χ1n) is 8.95. The Balaban J connectivity index is 1.45. The predicted molar refractivity (Wildman–Crippen MR) is 98.0 cm³/mol. The first-order chi connectivity index (χ1) is 12.5. The number of rotatable bonds is 7. The number of fused-ring (bicyclic) bond motifs is 1. The van der Waals surface area contributed by atoms with Crippen molar-refractivity contribution in [2.75, 3.05) is 13.1 Å². The number of benzene rings is 1. The summed E-state index contributed by atoms with van der Waals surface area (Å²) in [6.45, 7) is 5.01. The molecule has 0 atom stereocenters. The third-order valence-electron chi connectivity index (χ3n) is 5.06. The maximum atomic E-state index is 12.1. The lowest BCUT2D eigenvalue weighted by atomic mass is 9.85. The van der Waals surface area contributed by atoms with Gasteiger partial charge < -0.3 is 20.2 Å². The van der Waals surface area contributed by atoms with Gasteiger partial charge in [-0.15, -0.1) is 0 Å². The second-order valence-electron chi connectivity index (χ2n) is 6.75. The van der Waals surface area contributed by atoms with Crippen LogP contribution >= 0.6 is 0 Å². The Morgan fingerprint density at radius 2 is 2.04 bits per heavy atom. The van der Waals surface area contributed by atoms with Gasteiger partial charge in [-0.2, -0.15) is 0 Å². The van der Waals surface area contributed by atoms with E-state index in [1.54, 1.807) is 0 Å². The Bertz CT molecular complexity index is 795. The van der Waals surface area contributed by atoms with Crippen molar-refractivity contribution in [1.82, 2.24) is 15.5 Å². The largest absolute Gasteiger partial charge is 0.480 e. The van der Waals surface area contributed by atoms with Gasteiger partial charge in [-0.1, -0.05) is 25.1 Å². The molecule has 1 heterocycles. The minimum atomic E-state index is -0.817. The van der Waals surface area contributed by atoms with Gasteiger partial charge in [-0.25, -0.2) is 4.79 Å². The summed E-state index contributed by atoms with van der Waals surface area (Å²) in [5.41, 5.74) is 1.86. The molecule has 26 heavy (non-hydrogen) atoms. The van der Waals surface area contributed by atoms with E-state index in [0.29, 0.717) is 13.1 Å². The van der Waals surface area contributed by atoms with Crippen LogP contribution in [0.15, 0.2) is 28.7 Å². The molecule has 7 heteroatoms. The normalized spacial score (nSPS) is 19.3. The van der Waals surface area contributed by atoms with Crippen LogP contribution in [0.3, 0.4) is 0 Å². The number of hydrogen-bond donors (Lipinski definition) is 3. The molecule has 3 N–H and O–H groups in total. The summed E-state index contributed by atoms with van der Waals surface area (Å²) in [7, 11) is 0. The lowest BCUT2D eigenvalue weighted by molar-refractivity contribution is -0.139. The summed E-state index contributed by atoms with van der Waals surface area (Å²) >= 11 is 0. The van der Waals surface area contributed by atoms with Crippen molar-refractivity contribution in [1.29, 1.82) is 0 Å². The topological polar surface area (TPSA) is 94.8 Å². The summed E-state index contributed by atoms with van der Waals surface area (Å²) < 4.78 is 5.79. The number of furan rings is 1. The zero-order chi connectivity index (χ0) is 18.7. The summed E-state index contributed by atoms with van der Waals surface area (Å²) in [6, 6.07) is 7.88. The monoisotopic (exact) mass is 359 g/mol. The molecule has 0 spiro atoms. The zero-order valence-electron chi connectivity index (χ0n) is 15.1. The number of nitrogens with one attached hydrogen (secondary N) is 2. The number of urea groups is 1. The van der Waals surface area contributed by atoms with E-state index in [0.717, 1.165) is 35.1 Å². The molecular weight excluding hydrogens is 334 g/mol. The lowest BCUT2D eigenvalue weighted by Gasteiger charge is -2.42. The molecule has 1 aliphatic rings. The number of carbonyl (C=O) groups excluding carboxylic acids is 1. The highest BCUT2D eigenvalue weighted by molar-refractivity contribution is 5.82. The highest BCUT2D eigenvalue weighted by Gasteiger charge is 2.34. The smallest absolute Gasteiger partial charge is 0.317 e. The molecule has 1 aromatic heterocycles. The number of para-hydroxylation sites is 1. The fourth-order valence-corrected chi connectivity index (χ4v) is 3.47. The van der Waals surface area contributed by atoms with E-state index in [1.807, 2.05) is 43.0 Å². The molecule has 3 rings (SSSR count). The van der Waals surface area contributed by atoms with Crippen LogP contribution in [0.4, 0.5) is 4.79 Å². The Morgan fingerprint density at radius 3 is 2.69 bits per heavy atom. The number of amides is 2. The third kappa shape index (κ3) is 3.99. The molecular formula is C19H25N3O4. The number of aliphatic carboxylic acids is 1. The molecule has 0 bridgehead atoms. The number of likely N-dealkylation sites (N-methyl/N-ethyl adjacent to an activating group) is 1. The molecule has 0 radical (unpaired) electrons. The van der Waals surface area contributed by atoms with Crippen LogP contribution in [0, 0.1) is 6.92 Å². The van der Waals surface area contributed by atoms with Gasteiger partial charge in [-0.3, -0.25) is 9.69 Å². The average Bonchev–Trinajstić information content (AvgIpc) is 2.90. The number of carbonyl (C=O) groups is 2. The van der Waals surface area contributed by atoms with Crippen molar-refractivity contribution >= 4 is 23.0 Å².